The van der Waals surface area contributed by atoms with Crippen molar-refractivity contribution in [3.63, 3.8) is 0 Å². The highest BCUT2D eigenvalue weighted by Gasteiger charge is 2.18. The van der Waals surface area contributed by atoms with Crippen LogP contribution in [-0.2, 0) is 10.0 Å². The highest BCUT2D eigenvalue weighted by atomic mass is 79.9. The van der Waals surface area contributed by atoms with Gasteiger partial charge >= 0.3 is 0 Å². The molecule has 0 saturated heterocycles. The largest absolute Gasteiger partial charge is 0.503 e. The molecule has 0 bridgehead atoms. The normalized spacial score (nSPS) is 11.5. The average Bonchev–Trinajstić information content (AvgIpc) is 2.56. The Labute approximate surface area is 156 Å². The number of methoxy groups -OCH3 is 1. The van der Waals surface area contributed by atoms with Crippen LogP contribution in [0.2, 0.25) is 0 Å². The van der Waals surface area contributed by atoms with Crippen molar-refractivity contribution in [2.24, 2.45) is 10.2 Å². The third-order valence-electron chi connectivity index (χ3n) is 3.16. The molecule has 0 fully saturated rings. The number of nitrogens with zero attached hydrogens (tertiary/aromatic N) is 2. The number of rotatable bonds is 6. The van der Waals surface area contributed by atoms with E-state index in [2.05, 4.69) is 26.5 Å². The van der Waals surface area contributed by atoms with Crippen molar-refractivity contribution in [3.8, 4) is 11.5 Å². The number of nitro groups is 1. The van der Waals surface area contributed by atoms with Crippen molar-refractivity contribution in [1.82, 2.24) is 0 Å². The van der Waals surface area contributed by atoms with Gasteiger partial charge in [-0.1, -0.05) is 0 Å². The van der Waals surface area contributed by atoms with Gasteiger partial charge in [-0.15, -0.1) is 0 Å². The standard InChI is InChI=1S/C14H13BrN4O6S/c1-25-13-5-8(4-10(15)14(13)20)7-17-18-11-3-2-9(26(16,23)24)6-12(11)19(21)22/h2-7,18,20H,1H3,(H2,16,23,24)/b17-7+. The summed E-state index contributed by atoms with van der Waals surface area (Å²) in [4.78, 5) is 9.99. The lowest BCUT2D eigenvalue weighted by Gasteiger charge is -2.07. The summed E-state index contributed by atoms with van der Waals surface area (Å²) in [5.41, 5.74) is 2.47. The Bertz CT molecular complexity index is 993. The third kappa shape index (κ3) is 4.47. The molecule has 0 unspecified atom stereocenters. The molecular weight excluding hydrogens is 432 g/mol. The van der Waals surface area contributed by atoms with Gasteiger partial charge < -0.3 is 9.84 Å². The van der Waals surface area contributed by atoms with Crippen LogP contribution in [0.3, 0.4) is 0 Å². The van der Waals surface area contributed by atoms with E-state index in [0.29, 0.717) is 10.0 Å². The molecule has 0 heterocycles. The highest BCUT2D eigenvalue weighted by molar-refractivity contribution is 9.10. The molecule has 0 amide bonds. The fourth-order valence-electron chi connectivity index (χ4n) is 1.93. The minimum atomic E-state index is -4.07. The fourth-order valence-corrected chi connectivity index (χ4v) is 2.93. The number of hydrazone groups is 1. The highest BCUT2D eigenvalue weighted by Crippen LogP contribution is 2.34. The SMILES string of the molecule is COc1cc(/C=N/Nc2ccc(S(N)(=O)=O)cc2[N+](=O)[O-])cc(Br)c1O. The molecule has 2 aromatic carbocycles. The van der Waals surface area contributed by atoms with E-state index in [1.54, 1.807) is 6.07 Å². The van der Waals surface area contributed by atoms with E-state index in [9.17, 15) is 23.6 Å². The van der Waals surface area contributed by atoms with Gasteiger partial charge in [-0.2, -0.15) is 5.10 Å². The van der Waals surface area contributed by atoms with Gasteiger partial charge in [-0.25, -0.2) is 13.6 Å². The fraction of sp³-hybridized carbons (Fsp3) is 0.0714. The van der Waals surface area contributed by atoms with Gasteiger partial charge in [0, 0.05) is 6.07 Å². The number of aromatic hydroxyl groups is 1. The number of hydrogen-bond acceptors (Lipinski definition) is 8. The summed E-state index contributed by atoms with van der Waals surface area (Å²) < 4.78 is 28.0. The lowest BCUT2D eigenvalue weighted by atomic mass is 10.2. The van der Waals surface area contributed by atoms with Crippen LogP contribution in [-0.4, -0.2) is 31.8 Å². The Morgan fingerprint density at radius 1 is 1.38 bits per heavy atom. The topological polar surface area (TPSA) is 157 Å². The number of nitrogens with two attached hydrogens (primary N) is 1. The number of halogens is 1. The van der Waals surface area contributed by atoms with E-state index < -0.39 is 20.6 Å². The van der Waals surface area contributed by atoms with Gasteiger partial charge in [0.05, 0.1) is 27.6 Å². The molecule has 2 aromatic rings. The molecule has 10 nitrogen and oxygen atoms in total. The zero-order valence-electron chi connectivity index (χ0n) is 13.2. The summed E-state index contributed by atoms with van der Waals surface area (Å²) in [5, 5.41) is 29.7. The second-order valence-corrected chi connectivity index (χ2v) is 7.32. The van der Waals surface area contributed by atoms with Crippen LogP contribution in [0.15, 0.2) is 44.8 Å². The number of phenols is 1. The van der Waals surface area contributed by atoms with Crippen LogP contribution < -0.4 is 15.3 Å². The van der Waals surface area contributed by atoms with Crippen LogP contribution in [0.4, 0.5) is 11.4 Å². The number of nitro benzene ring substituents is 1. The van der Waals surface area contributed by atoms with Gasteiger partial charge in [0.15, 0.2) is 11.5 Å². The summed E-state index contributed by atoms with van der Waals surface area (Å²) in [6, 6.07) is 6.21. The molecule has 0 aromatic heterocycles. The Morgan fingerprint density at radius 3 is 2.65 bits per heavy atom. The van der Waals surface area contributed by atoms with Gasteiger partial charge in [-0.05, 0) is 45.8 Å². The van der Waals surface area contributed by atoms with Crippen molar-refractivity contribution in [2.75, 3.05) is 12.5 Å². The molecule has 0 radical (unpaired) electrons. The third-order valence-corrected chi connectivity index (χ3v) is 4.68. The van der Waals surface area contributed by atoms with Crippen molar-refractivity contribution >= 4 is 43.5 Å². The minimum Gasteiger partial charge on any atom is -0.503 e. The zero-order valence-corrected chi connectivity index (χ0v) is 15.6. The molecule has 0 atom stereocenters. The maximum Gasteiger partial charge on any atom is 0.295 e. The van der Waals surface area contributed by atoms with E-state index in [-0.39, 0.29) is 22.1 Å². The molecule has 0 aliphatic heterocycles. The number of benzene rings is 2. The summed E-state index contributed by atoms with van der Waals surface area (Å²) in [6.07, 6.45) is 1.34. The summed E-state index contributed by atoms with van der Waals surface area (Å²) in [5.74, 6) is 0.135. The molecule has 0 spiro atoms. The quantitative estimate of drug-likeness (QED) is 0.349. The summed E-state index contributed by atoms with van der Waals surface area (Å²) in [7, 11) is -2.68. The van der Waals surface area contributed by atoms with E-state index in [4.69, 9.17) is 9.88 Å². The second kappa shape index (κ2) is 7.68. The minimum absolute atomic E-state index is 0.0246. The second-order valence-electron chi connectivity index (χ2n) is 4.90. The van der Waals surface area contributed by atoms with Gasteiger partial charge in [0.2, 0.25) is 10.0 Å². The zero-order chi connectivity index (χ0) is 19.5. The summed E-state index contributed by atoms with van der Waals surface area (Å²) >= 11 is 3.16. The van der Waals surface area contributed by atoms with Crippen molar-refractivity contribution in [2.45, 2.75) is 4.90 Å². The van der Waals surface area contributed by atoms with Crippen LogP contribution in [0, 0.1) is 10.1 Å². The first-order valence-corrected chi connectivity index (χ1v) is 9.14. The van der Waals surface area contributed by atoms with Gasteiger partial charge in [0.1, 0.15) is 5.69 Å². The maximum absolute atomic E-state index is 11.3. The first-order chi connectivity index (χ1) is 12.1. The van der Waals surface area contributed by atoms with Crippen LogP contribution in [0.5, 0.6) is 11.5 Å². The van der Waals surface area contributed by atoms with E-state index in [1.165, 1.54) is 25.5 Å². The molecule has 0 saturated carbocycles. The molecule has 0 aliphatic carbocycles. The Morgan fingerprint density at radius 2 is 2.08 bits per heavy atom. The Balaban J connectivity index is 2.31. The van der Waals surface area contributed by atoms with Crippen LogP contribution in [0.1, 0.15) is 5.56 Å². The molecular formula is C14H13BrN4O6S. The Kier molecular flexibility index (Phi) is 5.79. The first kappa shape index (κ1) is 19.6. The van der Waals surface area contributed by atoms with Crippen LogP contribution in [0.25, 0.3) is 0 Å². The van der Waals surface area contributed by atoms with Crippen molar-refractivity contribution in [1.29, 1.82) is 0 Å². The number of phenolic OH excluding ortho intramolecular Hbond substituents is 1. The lowest BCUT2D eigenvalue weighted by molar-refractivity contribution is -0.384. The van der Waals surface area contributed by atoms with Gasteiger partial charge in [-0.3, -0.25) is 15.5 Å². The van der Waals surface area contributed by atoms with E-state index in [0.717, 1.165) is 12.1 Å². The van der Waals surface area contributed by atoms with Gasteiger partial charge in [0.25, 0.3) is 5.69 Å². The number of ether oxygens (including phenoxy) is 1. The molecule has 138 valence electrons. The first-order valence-electron chi connectivity index (χ1n) is 6.80. The van der Waals surface area contributed by atoms with Crippen molar-refractivity contribution in [3.05, 3.63) is 50.5 Å². The maximum atomic E-state index is 11.3. The van der Waals surface area contributed by atoms with E-state index >= 15 is 0 Å². The Hall–Kier alpha value is -2.70. The molecule has 0 aliphatic rings. The summed E-state index contributed by atoms with van der Waals surface area (Å²) in [6.45, 7) is 0. The monoisotopic (exact) mass is 444 g/mol. The molecule has 2 rings (SSSR count). The number of sulfonamides is 1. The number of nitrogens with one attached hydrogen (secondary N) is 1. The molecule has 4 N–H and O–H groups in total. The smallest absolute Gasteiger partial charge is 0.295 e. The molecule has 26 heavy (non-hydrogen) atoms. The van der Waals surface area contributed by atoms with E-state index in [1.807, 2.05) is 0 Å². The number of primary sulfonamides is 1. The number of hydrogen-bond donors (Lipinski definition) is 3. The van der Waals surface area contributed by atoms with Crippen molar-refractivity contribution < 1.29 is 23.2 Å². The molecule has 12 heteroatoms. The predicted octanol–water partition coefficient (Wildman–Crippen LogP) is 2.16. The number of anilines is 1. The lowest BCUT2D eigenvalue weighted by Crippen LogP contribution is -2.12. The predicted molar refractivity (Wildman–Crippen MR) is 98.0 cm³/mol. The average molecular weight is 445 g/mol. The van der Waals surface area contributed by atoms with Crippen LogP contribution >= 0.6 is 15.9 Å².